The largest absolute Gasteiger partial charge is 0.466 e. The Bertz CT molecular complexity index is 1430. The van der Waals surface area contributed by atoms with Gasteiger partial charge in [-0.3, -0.25) is 28.7 Å². The number of H-pyrrole nitrogens is 1. The second-order valence-electron chi connectivity index (χ2n) is 11.2. The molecule has 1 fully saturated rings. The maximum Gasteiger partial charge on any atom is 0.351 e. The molecule has 18 heteroatoms. The number of anilines is 1. The van der Waals surface area contributed by atoms with E-state index in [0.717, 1.165) is 0 Å². The molecular weight excluding hydrogens is 601 g/mol. The molecule has 7 N–H and O–H groups in total. The van der Waals surface area contributed by atoms with E-state index in [9.17, 15) is 24.0 Å². The molecule has 3 heterocycles. The third-order valence-corrected chi connectivity index (χ3v) is 7.05. The number of imidazole rings is 1. The van der Waals surface area contributed by atoms with E-state index in [4.69, 9.17) is 40.9 Å². The number of ether oxygens (including phenoxy) is 5. The fourth-order valence-electron chi connectivity index (χ4n) is 4.26. The van der Waals surface area contributed by atoms with E-state index >= 15 is 4.39 Å². The fourth-order valence-corrected chi connectivity index (χ4v) is 4.26. The fraction of sp³-hybridized carbons (Fsp3) is 0.667. The van der Waals surface area contributed by atoms with Crippen LogP contribution >= 0.6 is 0 Å². The monoisotopic (exact) mass is 641 g/mol. The number of nitrogens with zero attached hydrogens (tertiary/aromatic N) is 3. The molecule has 1 saturated heterocycles. The average molecular weight is 642 g/mol. The van der Waals surface area contributed by atoms with Crippen molar-refractivity contribution in [1.82, 2.24) is 19.5 Å². The highest BCUT2D eigenvalue weighted by Crippen LogP contribution is 2.32. The quantitative estimate of drug-likeness (QED) is 0.151. The molecule has 0 aromatic carbocycles. The van der Waals surface area contributed by atoms with Gasteiger partial charge in [0.2, 0.25) is 12.1 Å². The van der Waals surface area contributed by atoms with Crippen LogP contribution in [0.4, 0.5) is 10.3 Å². The van der Waals surface area contributed by atoms with Gasteiger partial charge in [0, 0.05) is 6.42 Å². The standard InChI is InChI=1S/C27H40FN7O10/c1-6-41-17(36)8-14(44-24(38)18(29)11(2)3)21(45-25(39)19(30)12(4)5)26(40)42-9-15-13(28)7-16(43-15)35-10-32-20-22(35)33-27(31)34-23(20)37/h10-16,18-19,21H,6-9,29-30H2,1-5H3,(H3,31,33,34,37)/t13?,14?,15-,16-,18+,19+,21?/m1/s1. The van der Waals surface area contributed by atoms with Crippen molar-refractivity contribution in [2.24, 2.45) is 23.3 Å². The highest BCUT2D eigenvalue weighted by Gasteiger charge is 2.43. The lowest BCUT2D eigenvalue weighted by Crippen LogP contribution is -2.49. The third-order valence-electron chi connectivity index (χ3n) is 7.05. The molecular formula is C27H40FN7O10. The number of aromatic nitrogens is 4. The lowest BCUT2D eigenvalue weighted by molar-refractivity contribution is -0.188. The molecule has 0 spiro atoms. The van der Waals surface area contributed by atoms with Gasteiger partial charge in [0.15, 0.2) is 17.3 Å². The molecule has 3 rings (SSSR count). The Kier molecular flexibility index (Phi) is 11.9. The molecule has 0 bridgehead atoms. The van der Waals surface area contributed by atoms with Crippen LogP contribution in [0.3, 0.4) is 0 Å². The zero-order valence-corrected chi connectivity index (χ0v) is 25.6. The summed E-state index contributed by atoms with van der Waals surface area (Å²) >= 11 is 0. The van der Waals surface area contributed by atoms with Gasteiger partial charge in [-0.2, -0.15) is 4.98 Å². The van der Waals surface area contributed by atoms with Gasteiger partial charge < -0.3 is 40.9 Å². The Morgan fingerprint density at radius 2 is 1.69 bits per heavy atom. The first-order valence-corrected chi connectivity index (χ1v) is 14.4. The van der Waals surface area contributed by atoms with E-state index in [1.807, 2.05) is 0 Å². The first-order chi connectivity index (χ1) is 21.1. The number of esters is 4. The van der Waals surface area contributed by atoms with E-state index < -0.39 is 91.2 Å². The predicted octanol–water partition coefficient (Wildman–Crippen LogP) is -0.386. The number of nitrogens with one attached hydrogen (secondary N) is 1. The highest BCUT2D eigenvalue weighted by molar-refractivity contribution is 5.84. The van der Waals surface area contributed by atoms with Crippen molar-refractivity contribution in [2.45, 2.75) is 90.3 Å². The maximum absolute atomic E-state index is 15.1. The van der Waals surface area contributed by atoms with Crippen LogP contribution in [0.15, 0.2) is 11.1 Å². The number of nitrogen functional groups attached to an aromatic ring is 1. The minimum atomic E-state index is -2.00. The second-order valence-corrected chi connectivity index (χ2v) is 11.2. The number of carbonyl (C=O) groups excluding carboxylic acids is 4. The van der Waals surface area contributed by atoms with Crippen molar-refractivity contribution in [1.29, 1.82) is 0 Å². The van der Waals surface area contributed by atoms with E-state index in [-0.39, 0.29) is 36.1 Å². The van der Waals surface area contributed by atoms with Crippen LogP contribution in [-0.4, -0.2) is 93.2 Å². The van der Waals surface area contributed by atoms with Gasteiger partial charge in [-0.15, -0.1) is 0 Å². The average Bonchev–Trinajstić information content (AvgIpc) is 3.56. The lowest BCUT2D eigenvalue weighted by Gasteiger charge is -2.28. The number of carbonyl (C=O) groups is 4. The number of hydrogen-bond acceptors (Lipinski definition) is 15. The van der Waals surface area contributed by atoms with Crippen LogP contribution < -0.4 is 22.8 Å². The molecule has 0 aliphatic carbocycles. The minimum absolute atomic E-state index is 0.0289. The van der Waals surface area contributed by atoms with Gasteiger partial charge in [-0.25, -0.2) is 14.2 Å². The molecule has 45 heavy (non-hydrogen) atoms. The van der Waals surface area contributed by atoms with Crippen molar-refractivity contribution in [3.63, 3.8) is 0 Å². The lowest BCUT2D eigenvalue weighted by atomic mass is 10.0. The molecule has 7 atom stereocenters. The van der Waals surface area contributed by atoms with Crippen molar-refractivity contribution in [2.75, 3.05) is 18.9 Å². The van der Waals surface area contributed by atoms with Crippen LogP contribution in [0.2, 0.25) is 0 Å². The molecule has 0 amide bonds. The number of nitrogens with two attached hydrogens (primary N) is 3. The number of fused-ring (bicyclic) bond motifs is 1. The van der Waals surface area contributed by atoms with Crippen LogP contribution in [0.1, 0.15) is 53.7 Å². The minimum Gasteiger partial charge on any atom is -0.466 e. The van der Waals surface area contributed by atoms with E-state index in [1.54, 1.807) is 34.6 Å². The summed E-state index contributed by atoms with van der Waals surface area (Å²) in [7, 11) is 0. The predicted molar refractivity (Wildman–Crippen MR) is 154 cm³/mol. The van der Waals surface area contributed by atoms with Crippen LogP contribution in [0.25, 0.3) is 11.2 Å². The number of aromatic amines is 1. The van der Waals surface area contributed by atoms with Crippen molar-refractivity contribution < 1.29 is 47.3 Å². The normalized spacial score (nSPS) is 20.9. The Morgan fingerprint density at radius 1 is 1.07 bits per heavy atom. The number of rotatable bonds is 14. The van der Waals surface area contributed by atoms with E-state index in [0.29, 0.717) is 0 Å². The van der Waals surface area contributed by atoms with Gasteiger partial charge in [0.05, 0.1) is 19.4 Å². The summed E-state index contributed by atoms with van der Waals surface area (Å²) < 4.78 is 43.1. The van der Waals surface area contributed by atoms with Gasteiger partial charge >= 0.3 is 23.9 Å². The summed E-state index contributed by atoms with van der Waals surface area (Å²) in [5.41, 5.74) is 16.8. The summed E-state index contributed by atoms with van der Waals surface area (Å²) in [5.74, 6) is -5.14. The highest BCUT2D eigenvalue weighted by atomic mass is 19.1. The van der Waals surface area contributed by atoms with Crippen molar-refractivity contribution in [3.05, 3.63) is 16.7 Å². The third kappa shape index (κ3) is 8.73. The Hall–Kier alpha value is -4.16. The zero-order chi connectivity index (χ0) is 33.6. The van der Waals surface area contributed by atoms with Gasteiger partial charge in [0.25, 0.3) is 5.56 Å². The smallest absolute Gasteiger partial charge is 0.351 e. The Morgan fingerprint density at radius 3 is 2.29 bits per heavy atom. The topological polar surface area (TPSA) is 256 Å². The molecule has 1 aliphatic rings. The number of alkyl halides is 1. The molecule has 3 unspecified atom stereocenters. The number of halogens is 1. The van der Waals surface area contributed by atoms with Gasteiger partial charge in [-0.05, 0) is 18.8 Å². The SMILES string of the molecule is CCOC(=O)CC(OC(=O)[C@@H](N)C(C)C)C(OC(=O)[C@@H](N)C(C)C)C(=O)OC[C@H]1O[C@@H](n2cnc3c(=O)[nH]c(N)nc32)CC1F. The molecule has 2 aromatic rings. The first kappa shape index (κ1) is 35.3. The Labute approximate surface area is 257 Å². The van der Waals surface area contributed by atoms with Gasteiger partial charge in [-0.1, -0.05) is 27.7 Å². The molecule has 0 saturated carbocycles. The second kappa shape index (κ2) is 15.2. The molecule has 250 valence electrons. The van der Waals surface area contributed by atoms with Crippen molar-refractivity contribution >= 4 is 41.0 Å². The molecule has 1 aliphatic heterocycles. The number of hydrogen-bond donors (Lipinski definition) is 4. The summed E-state index contributed by atoms with van der Waals surface area (Å²) in [4.78, 5) is 73.8. The maximum atomic E-state index is 15.1. The molecule has 2 aromatic heterocycles. The van der Waals surface area contributed by atoms with Crippen molar-refractivity contribution in [3.8, 4) is 0 Å². The summed E-state index contributed by atoms with van der Waals surface area (Å²) in [6, 6.07) is -2.33. The molecule has 17 nitrogen and oxygen atoms in total. The molecule has 0 radical (unpaired) electrons. The summed E-state index contributed by atoms with van der Waals surface area (Å²) in [6.07, 6.45) is -7.37. The Balaban J connectivity index is 1.82. The van der Waals surface area contributed by atoms with Crippen LogP contribution in [0, 0.1) is 11.8 Å². The van der Waals surface area contributed by atoms with Crippen LogP contribution in [-0.2, 0) is 42.9 Å². The van der Waals surface area contributed by atoms with E-state index in [2.05, 4.69) is 15.0 Å². The van der Waals surface area contributed by atoms with E-state index in [1.165, 1.54) is 10.9 Å². The summed E-state index contributed by atoms with van der Waals surface area (Å²) in [5, 5.41) is 0. The first-order valence-electron chi connectivity index (χ1n) is 14.4. The van der Waals surface area contributed by atoms with Gasteiger partial charge in [0.1, 0.15) is 37.2 Å². The summed E-state index contributed by atoms with van der Waals surface area (Å²) in [6.45, 7) is 7.41. The van der Waals surface area contributed by atoms with Crippen LogP contribution in [0.5, 0.6) is 0 Å². The zero-order valence-electron chi connectivity index (χ0n) is 25.6.